The average molecular weight is 243 g/mol. The van der Waals surface area contributed by atoms with Gasteiger partial charge in [-0.25, -0.2) is 4.98 Å². The summed E-state index contributed by atoms with van der Waals surface area (Å²) in [6.07, 6.45) is 0. The largest absolute Gasteiger partial charge is 0.245 e. The lowest BCUT2D eigenvalue weighted by atomic mass is 9.98. The van der Waals surface area contributed by atoms with Crippen LogP contribution in [0.3, 0.4) is 0 Å². The van der Waals surface area contributed by atoms with Crippen LogP contribution < -0.4 is 0 Å². The molecule has 1 atom stereocenters. The summed E-state index contributed by atoms with van der Waals surface area (Å²) in [6, 6.07) is 0. The van der Waals surface area contributed by atoms with Gasteiger partial charge in [0.15, 0.2) is 0 Å². The van der Waals surface area contributed by atoms with Crippen LogP contribution in [-0.2, 0) is 5.41 Å². The summed E-state index contributed by atoms with van der Waals surface area (Å²) in [7, 11) is 0. The Morgan fingerprint density at radius 1 is 1.47 bits per heavy atom. The van der Waals surface area contributed by atoms with Crippen molar-refractivity contribution in [2.45, 2.75) is 46.0 Å². The van der Waals surface area contributed by atoms with Crippen LogP contribution in [0.15, 0.2) is 5.38 Å². The van der Waals surface area contributed by atoms with Crippen molar-refractivity contribution in [1.29, 1.82) is 0 Å². The maximum Gasteiger partial charge on any atom is 0.0981 e. The number of thiazole rings is 1. The topological polar surface area (TPSA) is 12.9 Å². The van der Waals surface area contributed by atoms with Gasteiger partial charge in [0.25, 0.3) is 0 Å². The summed E-state index contributed by atoms with van der Waals surface area (Å²) < 4.78 is 0. The van der Waals surface area contributed by atoms with Crippen LogP contribution in [0.2, 0.25) is 0 Å². The van der Waals surface area contributed by atoms with E-state index < -0.39 is 0 Å². The Kier molecular flexibility index (Phi) is 4.65. The van der Waals surface area contributed by atoms with Crippen molar-refractivity contribution >= 4 is 23.1 Å². The van der Waals surface area contributed by atoms with Gasteiger partial charge in [0, 0.05) is 22.5 Å². The van der Waals surface area contributed by atoms with Gasteiger partial charge in [0.1, 0.15) is 0 Å². The summed E-state index contributed by atoms with van der Waals surface area (Å²) in [4.78, 5) is 4.74. The first-order valence-electron chi connectivity index (χ1n) is 5.48. The van der Waals surface area contributed by atoms with Crippen molar-refractivity contribution in [1.82, 2.24) is 4.98 Å². The van der Waals surface area contributed by atoms with Crippen LogP contribution in [-0.4, -0.2) is 16.5 Å². The summed E-state index contributed by atoms with van der Waals surface area (Å²) in [5.41, 5.74) is 1.46. The molecule has 0 bridgehead atoms. The summed E-state index contributed by atoms with van der Waals surface area (Å²) in [5.74, 6) is 2.96. The van der Waals surface area contributed by atoms with E-state index in [1.807, 2.05) is 11.8 Å². The second-order valence-electron chi connectivity index (χ2n) is 4.89. The van der Waals surface area contributed by atoms with Gasteiger partial charge in [-0.2, -0.15) is 11.8 Å². The van der Waals surface area contributed by atoms with Gasteiger partial charge < -0.3 is 0 Å². The molecule has 3 heteroatoms. The molecule has 0 N–H and O–H groups in total. The smallest absolute Gasteiger partial charge is 0.0981 e. The molecule has 1 aromatic heterocycles. The Morgan fingerprint density at radius 2 is 2.13 bits per heavy atom. The number of aromatic nitrogens is 1. The van der Waals surface area contributed by atoms with Crippen molar-refractivity contribution in [2.24, 2.45) is 0 Å². The predicted molar refractivity (Wildman–Crippen MR) is 72.2 cm³/mol. The van der Waals surface area contributed by atoms with Gasteiger partial charge in [-0.05, 0) is 5.75 Å². The summed E-state index contributed by atoms with van der Waals surface area (Å²) >= 11 is 3.79. The second kappa shape index (κ2) is 5.35. The number of hydrogen-bond donors (Lipinski definition) is 0. The molecule has 0 aliphatic carbocycles. The molecular weight excluding hydrogens is 222 g/mol. The normalized spacial score (nSPS) is 14.2. The van der Waals surface area contributed by atoms with Gasteiger partial charge >= 0.3 is 0 Å². The zero-order valence-electron chi connectivity index (χ0n) is 10.3. The zero-order chi connectivity index (χ0) is 11.5. The molecule has 0 radical (unpaired) electrons. The van der Waals surface area contributed by atoms with E-state index in [0.717, 1.165) is 0 Å². The van der Waals surface area contributed by atoms with E-state index in [-0.39, 0.29) is 5.41 Å². The molecule has 0 aromatic carbocycles. The molecule has 1 rings (SSSR count). The standard InChI is InChI=1S/C12H21NS2/c1-6-14-7-9(2)10-8-15-11(13-10)12(3,4)5/h8-9H,6-7H2,1-5H3. The summed E-state index contributed by atoms with van der Waals surface area (Å²) in [6.45, 7) is 11.1. The molecule has 1 nitrogen and oxygen atoms in total. The number of hydrogen-bond acceptors (Lipinski definition) is 3. The monoisotopic (exact) mass is 243 g/mol. The third kappa shape index (κ3) is 3.80. The fraction of sp³-hybridized carbons (Fsp3) is 0.750. The number of thioether (sulfide) groups is 1. The molecule has 0 aliphatic rings. The lowest BCUT2D eigenvalue weighted by Gasteiger charge is -2.14. The van der Waals surface area contributed by atoms with E-state index in [9.17, 15) is 0 Å². The van der Waals surface area contributed by atoms with Crippen molar-refractivity contribution in [2.75, 3.05) is 11.5 Å². The quantitative estimate of drug-likeness (QED) is 0.782. The minimum absolute atomic E-state index is 0.195. The molecule has 0 saturated carbocycles. The lowest BCUT2D eigenvalue weighted by molar-refractivity contribution is 0.581. The number of nitrogens with zero attached hydrogens (tertiary/aromatic N) is 1. The maximum atomic E-state index is 4.74. The van der Waals surface area contributed by atoms with Crippen LogP contribution in [0.5, 0.6) is 0 Å². The predicted octanol–water partition coefficient (Wildman–Crippen LogP) is 4.30. The van der Waals surface area contributed by atoms with Gasteiger partial charge in [-0.3, -0.25) is 0 Å². The van der Waals surface area contributed by atoms with E-state index in [1.54, 1.807) is 11.3 Å². The van der Waals surface area contributed by atoms with Gasteiger partial charge in [-0.1, -0.05) is 34.6 Å². The highest BCUT2D eigenvalue weighted by atomic mass is 32.2. The van der Waals surface area contributed by atoms with Gasteiger partial charge in [0.05, 0.1) is 10.7 Å². The van der Waals surface area contributed by atoms with Gasteiger partial charge in [-0.15, -0.1) is 11.3 Å². The van der Waals surface area contributed by atoms with Crippen molar-refractivity contribution in [3.05, 3.63) is 16.1 Å². The van der Waals surface area contributed by atoms with Crippen molar-refractivity contribution in [3.8, 4) is 0 Å². The molecule has 0 fully saturated rings. The highest BCUT2D eigenvalue weighted by Gasteiger charge is 2.19. The first-order chi connectivity index (χ1) is 6.95. The Bertz CT molecular complexity index is 299. The summed E-state index contributed by atoms with van der Waals surface area (Å²) in [5, 5.41) is 3.48. The van der Waals surface area contributed by atoms with Crippen molar-refractivity contribution in [3.63, 3.8) is 0 Å². The molecule has 1 unspecified atom stereocenters. The highest BCUT2D eigenvalue weighted by Crippen LogP contribution is 2.29. The molecule has 0 spiro atoms. The zero-order valence-corrected chi connectivity index (χ0v) is 12.0. The highest BCUT2D eigenvalue weighted by molar-refractivity contribution is 7.99. The lowest BCUT2D eigenvalue weighted by Crippen LogP contribution is -2.11. The van der Waals surface area contributed by atoms with Crippen LogP contribution in [0.1, 0.15) is 51.2 Å². The van der Waals surface area contributed by atoms with Crippen LogP contribution in [0.25, 0.3) is 0 Å². The fourth-order valence-electron chi connectivity index (χ4n) is 1.24. The molecule has 0 saturated heterocycles. The average Bonchev–Trinajstić information content (AvgIpc) is 2.62. The molecule has 1 aromatic rings. The Morgan fingerprint density at radius 3 is 2.60 bits per heavy atom. The van der Waals surface area contributed by atoms with E-state index in [1.165, 1.54) is 22.2 Å². The Labute approximate surface area is 102 Å². The molecule has 1 heterocycles. The van der Waals surface area contributed by atoms with E-state index in [0.29, 0.717) is 5.92 Å². The SMILES string of the molecule is CCSCC(C)c1csc(C(C)(C)C)n1. The third-order valence-electron chi connectivity index (χ3n) is 2.24. The van der Waals surface area contributed by atoms with Crippen LogP contribution in [0, 0.1) is 0 Å². The minimum Gasteiger partial charge on any atom is -0.245 e. The molecule has 0 amide bonds. The maximum absolute atomic E-state index is 4.74. The van der Waals surface area contributed by atoms with Crippen LogP contribution >= 0.6 is 23.1 Å². The molecule has 86 valence electrons. The van der Waals surface area contributed by atoms with Gasteiger partial charge in [0.2, 0.25) is 0 Å². The Hall–Kier alpha value is -0.0200. The van der Waals surface area contributed by atoms with E-state index in [4.69, 9.17) is 4.98 Å². The number of rotatable bonds is 4. The van der Waals surface area contributed by atoms with E-state index >= 15 is 0 Å². The fourth-order valence-corrected chi connectivity index (χ4v) is 3.03. The molecule has 15 heavy (non-hydrogen) atoms. The molecular formula is C12H21NS2. The third-order valence-corrected chi connectivity index (χ3v) is 4.67. The van der Waals surface area contributed by atoms with E-state index in [2.05, 4.69) is 40.0 Å². The van der Waals surface area contributed by atoms with Crippen LogP contribution in [0.4, 0.5) is 0 Å². The first-order valence-corrected chi connectivity index (χ1v) is 7.52. The second-order valence-corrected chi connectivity index (χ2v) is 7.07. The molecule has 0 aliphatic heterocycles. The first kappa shape index (κ1) is 13.0. The minimum atomic E-state index is 0.195. The van der Waals surface area contributed by atoms with Crippen molar-refractivity contribution < 1.29 is 0 Å². The Balaban J connectivity index is 2.67.